The van der Waals surface area contributed by atoms with Crippen LogP contribution in [0.2, 0.25) is 0 Å². The van der Waals surface area contributed by atoms with E-state index in [9.17, 15) is 4.39 Å². The molecule has 2 heterocycles. The quantitative estimate of drug-likeness (QED) is 0.571. The molecule has 0 saturated heterocycles. The van der Waals surface area contributed by atoms with Crippen LogP contribution in [0.4, 0.5) is 4.39 Å². The van der Waals surface area contributed by atoms with Crippen LogP contribution in [0.5, 0.6) is 0 Å². The van der Waals surface area contributed by atoms with Crippen LogP contribution in [0.1, 0.15) is 0 Å². The van der Waals surface area contributed by atoms with E-state index in [2.05, 4.69) is 4.98 Å². The summed E-state index contributed by atoms with van der Waals surface area (Å²) in [4.78, 5) is 4.30. The minimum atomic E-state index is -0.334. The molecule has 0 amide bonds. The van der Waals surface area contributed by atoms with Crippen molar-refractivity contribution < 1.29 is 4.39 Å². The molecule has 0 unspecified atom stereocenters. The van der Waals surface area contributed by atoms with E-state index in [1.807, 2.05) is 12.1 Å². The summed E-state index contributed by atoms with van der Waals surface area (Å²) >= 11 is 0. The van der Waals surface area contributed by atoms with Crippen LogP contribution in [0.25, 0.3) is 16.6 Å². The van der Waals surface area contributed by atoms with E-state index in [0.29, 0.717) is 22.0 Å². The van der Waals surface area contributed by atoms with Crippen LogP contribution >= 0.6 is 0 Å². The smallest absolute Gasteiger partial charge is 0.140 e. The Morgan fingerprint density at radius 3 is 2.94 bits per heavy atom. The Morgan fingerprint density at radius 1 is 1.19 bits per heavy atom. The van der Waals surface area contributed by atoms with E-state index in [1.54, 1.807) is 22.7 Å². The van der Waals surface area contributed by atoms with Crippen molar-refractivity contribution >= 4 is 16.6 Å². The van der Waals surface area contributed by atoms with Crippen molar-refractivity contribution in [1.29, 1.82) is 5.41 Å². The largest absolute Gasteiger partial charge is 0.286 e. The van der Waals surface area contributed by atoms with E-state index in [1.165, 1.54) is 12.1 Å². The van der Waals surface area contributed by atoms with Gasteiger partial charge in [-0.15, -0.1) is 0 Å². The summed E-state index contributed by atoms with van der Waals surface area (Å²) in [6.45, 7) is 0. The van der Waals surface area contributed by atoms with Gasteiger partial charge in [-0.05, 0) is 24.3 Å². The van der Waals surface area contributed by atoms with Crippen LogP contribution in [-0.2, 0) is 0 Å². The molecule has 1 aromatic carbocycles. The molecule has 4 heteroatoms. The Labute approximate surface area is 90.3 Å². The molecule has 0 radical (unpaired) electrons. The molecule has 0 fully saturated rings. The van der Waals surface area contributed by atoms with Gasteiger partial charge in [-0.25, -0.2) is 9.37 Å². The second-order valence-electron chi connectivity index (χ2n) is 3.55. The first kappa shape index (κ1) is 9.03. The van der Waals surface area contributed by atoms with Crippen LogP contribution in [0.15, 0.2) is 42.6 Å². The van der Waals surface area contributed by atoms with Crippen LogP contribution in [-0.4, -0.2) is 9.38 Å². The third-order valence-corrected chi connectivity index (χ3v) is 2.53. The summed E-state index contributed by atoms with van der Waals surface area (Å²) in [5.74, 6) is -0.334. The van der Waals surface area contributed by atoms with Gasteiger partial charge in [0, 0.05) is 17.6 Å². The number of pyridine rings is 1. The lowest BCUT2D eigenvalue weighted by molar-refractivity contribution is 0.629. The van der Waals surface area contributed by atoms with Crippen molar-refractivity contribution in [1.82, 2.24) is 9.38 Å². The van der Waals surface area contributed by atoms with Gasteiger partial charge in [0.15, 0.2) is 0 Å². The van der Waals surface area contributed by atoms with Gasteiger partial charge in [0.05, 0.1) is 5.52 Å². The molecule has 2 aromatic heterocycles. The molecule has 0 aliphatic heterocycles. The van der Waals surface area contributed by atoms with Crippen LogP contribution in [0, 0.1) is 11.2 Å². The highest BCUT2D eigenvalue weighted by atomic mass is 19.1. The topological polar surface area (TPSA) is 41.2 Å². The van der Waals surface area contributed by atoms with Crippen molar-refractivity contribution in [3.8, 4) is 0 Å². The highest BCUT2D eigenvalue weighted by Gasteiger charge is 2.02. The predicted molar refractivity (Wildman–Crippen MR) is 58.5 cm³/mol. The molecule has 3 aromatic rings. The predicted octanol–water partition coefficient (Wildman–Crippen LogP) is 2.11. The van der Waals surface area contributed by atoms with Crippen molar-refractivity contribution in [2.45, 2.75) is 0 Å². The Bertz CT molecular complexity index is 746. The monoisotopic (exact) mass is 213 g/mol. The van der Waals surface area contributed by atoms with Crippen LogP contribution < -0.4 is 5.49 Å². The molecular formula is C12H8FN3. The lowest BCUT2D eigenvalue weighted by Crippen LogP contribution is -2.15. The van der Waals surface area contributed by atoms with Gasteiger partial charge >= 0.3 is 0 Å². The molecule has 0 saturated carbocycles. The molecule has 0 spiro atoms. The number of benzene rings is 1. The summed E-state index contributed by atoms with van der Waals surface area (Å²) in [5, 5.41) is 8.65. The minimum absolute atomic E-state index is 0.320. The fraction of sp³-hybridized carbons (Fsp3) is 0. The molecule has 3 rings (SSSR count). The Hall–Kier alpha value is -2.23. The third kappa shape index (κ3) is 1.20. The maximum absolute atomic E-state index is 13.1. The lowest BCUT2D eigenvalue weighted by Gasteiger charge is -2.03. The third-order valence-electron chi connectivity index (χ3n) is 2.53. The Balaban J connectivity index is 2.61. The summed E-state index contributed by atoms with van der Waals surface area (Å²) in [6.07, 6.45) is 1.77. The second kappa shape index (κ2) is 3.13. The average Bonchev–Trinajstić information content (AvgIpc) is 2.29. The highest BCUT2D eigenvalue weighted by Crippen LogP contribution is 2.10. The van der Waals surface area contributed by atoms with Crippen LogP contribution in [0.3, 0.4) is 0 Å². The molecule has 1 N–H and O–H groups in total. The summed E-state index contributed by atoms with van der Waals surface area (Å²) < 4.78 is 14.7. The molecule has 78 valence electrons. The van der Waals surface area contributed by atoms with E-state index in [0.717, 1.165) is 0 Å². The minimum Gasteiger partial charge on any atom is -0.286 e. The maximum atomic E-state index is 13.1. The van der Waals surface area contributed by atoms with Gasteiger partial charge in [0.2, 0.25) is 0 Å². The fourth-order valence-corrected chi connectivity index (χ4v) is 1.76. The Morgan fingerprint density at radius 2 is 2.06 bits per heavy atom. The van der Waals surface area contributed by atoms with Gasteiger partial charge < -0.3 is 0 Å². The van der Waals surface area contributed by atoms with Gasteiger partial charge in [-0.3, -0.25) is 9.81 Å². The number of nitrogens with zero attached hydrogens (tertiary/aromatic N) is 2. The first-order valence-corrected chi connectivity index (χ1v) is 4.87. The van der Waals surface area contributed by atoms with Crippen molar-refractivity contribution in [3.05, 3.63) is 53.9 Å². The molecule has 16 heavy (non-hydrogen) atoms. The zero-order valence-electron chi connectivity index (χ0n) is 8.31. The number of nitrogens with one attached hydrogen (secondary N) is 1. The van der Waals surface area contributed by atoms with Crippen molar-refractivity contribution in [2.24, 2.45) is 0 Å². The molecular weight excluding hydrogens is 205 g/mol. The first-order valence-electron chi connectivity index (χ1n) is 4.87. The number of fused-ring (bicyclic) bond motifs is 2. The second-order valence-corrected chi connectivity index (χ2v) is 3.55. The number of aromatic nitrogens is 2. The molecule has 0 bridgehead atoms. The van der Waals surface area contributed by atoms with Gasteiger partial charge in [0.1, 0.15) is 17.0 Å². The zero-order chi connectivity index (χ0) is 11.1. The number of hydrogen-bond acceptors (Lipinski definition) is 2. The van der Waals surface area contributed by atoms with E-state index >= 15 is 0 Å². The maximum Gasteiger partial charge on any atom is 0.140 e. The zero-order valence-corrected chi connectivity index (χ0v) is 8.31. The Kier molecular flexibility index (Phi) is 1.77. The SMILES string of the molecule is N=c1c2ccc(F)cc2nc2ccccn12. The van der Waals surface area contributed by atoms with Crippen molar-refractivity contribution in [3.63, 3.8) is 0 Å². The molecule has 3 nitrogen and oxygen atoms in total. The highest BCUT2D eigenvalue weighted by molar-refractivity contribution is 5.79. The molecule has 0 aliphatic carbocycles. The number of hydrogen-bond donors (Lipinski definition) is 1. The fourth-order valence-electron chi connectivity index (χ4n) is 1.76. The lowest BCUT2D eigenvalue weighted by atomic mass is 10.2. The summed E-state index contributed by atoms with van der Waals surface area (Å²) in [7, 11) is 0. The van der Waals surface area contributed by atoms with Gasteiger partial charge in [-0.2, -0.15) is 0 Å². The average molecular weight is 213 g/mol. The molecule has 0 aliphatic rings. The molecule has 0 atom stereocenters. The summed E-state index contributed by atoms with van der Waals surface area (Å²) in [6, 6.07) is 9.74. The number of halogens is 1. The van der Waals surface area contributed by atoms with E-state index in [-0.39, 0.29) is 5.82 Å². The first-order chi connectivity index (χ1) is 7.75. The summed E-state index contributed by atoms with van der Waals surface area (Å²) in [5.41, 5.74) is 1.47. The van der Waals surface area contributed by atoms with Gasteiger partial charge in [0.25, 0.3) is 0 Å². The van der Waals surface area contributed by atoms with E-state index < -0.39 is 0 Å². The normalized spacial score (nSPS) is 11.1. The van der Waals surface area contributed by atoms with E-state index in [4.69, 9.17) is 5.41 Å². The standard InChI is InChI=1S/C12H8FN3/c13-8-4-5-9-10(7-8)15-11-3-1-2-6-16(11)12(9)14/h1-7,14H. The van der Waals surface area contributed by atoms with Gasteiger partial charge in [-0.1, -0.05) is 6.07 Å². The van der Waals surface area contributed by atoms with Crippen molar-refractivity contribution in [2.75, 3.05) is 0 Å². The number of rotatable bonds is 0.